The SMILES string of the molecule is CCC1C=Cc2cc(N=C3/C=C(/Cl)C(C)CCC(N4CCCC4)=N3)ccc2N1. The van der Waals surface area contributed by atoms with E-state index >= 15 is 0 Å². The summed E-state index contributed by atoms with van der Waals surface area (Å²) in [6, 6.07) is 6.70. The number of aliphatic imine (C=N–C) groups is 2. The molecule has 3 heterocycles. The number of benzene rings is 1. The molecule has 1 aromatic rings. The van der Waals surface area contributed by atoms with Gasteiger partial charge < -0.3 is 10.2 Å². The Morgan fingerprint density at radius 2 is 2.11 bits per heavy atom. The number of nitrogens with zero attached hydrogens (tertiary/aromatic N) is 3. The maximum Gasteiger partial charge on any atom is 0.155 e. The van der Waals surface area contributed by atoms with Gasteiger partial charge in [0.1, 0.15) is 5.84 Å². The fourth-order valence-electron chi connectivity index (χ4n) is 3.96. The van der Waals surface area contributed by atoms with Crippen LogP contribution in [0.2, 0.25) is 0 Å². The molecule has 3 aliphatic rings. The highest BCUT2D eigenvalue weighted by Crippen LogP contribution is 2.30. The minimum absolute atomic E-state index is 0.335. The number of nitrogens with one attached hydrogen (secondary N) is 1. The van der Waals surface area contributed by atoms with Gasteiger partial charge in [-0.25, -0.2) is 9.98 Å². The number of allylic oxidation sites excluding steroid dienone is 1. The van der Waals surface area contributed by atoms with Crippen molar-refractivity contribution in [2.75, 3.05) is 18.4 Å². The van der Waals surface area contributed by atoms with Crippen LogP contribution in [0.15, 0.2) is 45.4 Å². The van der Waals surface area contributed by atoms with Crippen LogP contribution in [-0.2, 0) is 0 Å². The van der Waals surface area contributed by atoms with E-state index in [0.717, 1.165) is 48.9 Å². The molecule has 0 aliphatic carbocycles. The number of anilines is 1. The van der Waals surface area contributed by atoms with Crippen molar-refractivity contribution in [2.45, 2.75) is 52.0 Å². The summed E-state index contributed by atoms with van der Waals surface area (Å²) in [5, 5.41) is 4.39. The van der Waals surface area contributed by atoms with E-state index in [4.69, 9.17) is 21.6 Å². The zero-order chi connectivity index (χ0) is 19.5. The molecule has 0 saturated carbocycles. The van der Waals surface area contributed by atoms with Crippen LogP contribution >= 0.6 is 11.6 Å². The molecule has 4 rings (SSSR count). The van der Waals surface area contributed by atoms with Gasteiger partial charge in [0.15, 0.2) is 5.84 Å². The van der Waals surface area contributed by atoms with Gasteiger partial charge in [-0.15, -0.1) is 0 Å². The average molecular weight is 397 g/mol. The molecule has 28 heavy (non-hydrogen) atoms. The second-order valence-electron chi connectivity index (χ2n) is 7.95. The Labute approximate surface area is 173 Å². The molecule has 0 aromatic heterocycles. The van der Waals surface area contributed by atoms with Crippen LogP contribution in [0, 0.1) is 5.92 Å². The fourth-order valence-corrected chi connectivity index (χ4v) is 4.16. The number of hydrogen-bond donors (Lipinski definition) is 1. The minimum atomic E-state index is 0.335. The highest BCUT2D eigenvalue weighted by molar-refractivity contribution is 6.31. The molecule has 148 valence electrons. The zero-order valence-corrected chi connectivity index (χ0v) is 17.5. The highest BCUT2D eigenvalue weighted by atomic mass is 35.5. The van der Waals surface area contributed by atoms with Crippen molar-refractivity contribution >= 4 is 40.7 Å². The lowest BCUT2D eigenvalue weighted by atomic mass is 10.0. The van der Waals surface area contributed by atoms with Gasteiger partial charge >= 0.3 is 0 Å². The van der Waals surface area contributed by atoms with Gasteiger partial charge in [0.2, 0.25) is 0 Å². The van der Waals surface area contributed by atoms with Crippen LogP contribution in [-0.4, -0.2) is 35.7 Å². The number of hydrogen-bond acceptors (Lipinski definition) is 3. The van der Waals surface area contributed by atoms with Gasteiger partial charge in [-0.05, 0) is 61.4 Å². The zero-order valence-electron chi connectivity index (χ0n) is 16.8. The first-order valence-electron chi connectivity index (χ1n) is 10.5. The van der Waals surface area contributed by atoms with Crippen molar-refractivity contribution in [1.29, 1.82) is 0 Å². The van der Waals surface area contributed by atoms with Gasteiger partial charge in [0, 0.05) is 36.3 Å². The van der Waals surface area contributed by atoms with Crippen LogP contribution < -0.4 is 5.32 Å². The molecular formula is C23H29ClN4. The Bertz CT molecular complexity index is 846. The summed E-state index contributed by atoms with van der Waals surface area (Å²) in [5.74, 6) is 2.20. The van der Waals surface area contributed by atoms with Crippen molar-refractivity contribution < 1.29 is 0 Å². The second kappa shape index (κ2) is 8.52. The standard InChI is InChI=1S/C23H29ClN4/c1-3-18-8-7-17-14-19(9-10-21(17)25-18)26-22-15-20(24)16(2)6-11-23(27-22)28-12-4-5-13-28/h7-10,14-16,18,25H,3-6,11-13H2,1-2H3/b20-15+,26-22?,27-23?. The van der Waals surface area contributed by atoms with Crippen molar-refractivity contribution in [2.24, 2.45) is 15.9 Å². The molecule has 2 unspecified atom stereocenters. The number of likely N-dealkylation sites (tertiary alicyclic amines) is 1. The summed E-state index contributed by atoms with van der Waals surface area (Å²) in [4.78, 5) is 12.2. The van der Waals surface area contributed by atoms with E-state index in [-0.39, 0.29) is 0 Å². The van der Waals surface area contributed by atoms with Gasteiger partial charge in [-0.3, -0.25) is 0 Å². The van der Waals surface area contributed by atoms with E-state index in [2.05, 4.69) is 54.4 Å². The first kappa shape index (κ1) is 19.3. The average Bonchev–Trinajstić information content (AvgIpc) is 3.24. The van der Waals surface area contributed by atoms with Crippen LogP contribution in [0.5, 0.6) is 0 Å². The van der Waals surface area contributed by atoms with E-state index in [1.165, 1.54) is 24.1 Å². The quantitative estimate of drug-likeness (QED) is 0.667. The predicted octanol–water partition coefficient (Wildman–Crippen LogP) is 5.98. The number of rotatable bonds is 2. The molecule has 4 nitrogen and oxygen atoms in total. The van der Waals surface area contributed by atoms with Gasteiger partial charge in [0.25, 0.3) is 0 Å². The van der Waals surface area contributed by atoms with Crippen LogP contribution in [0.3, 0.4) is 0 Å². The van der Waals surface area contributed by atoms with E-state index in [1.807, 2.05) is 6.08 Å². The number of amidine groups is 2. The lowest BCUT2D eigenvalue weighted by Crippen LogP contribution is -2.29. The first-order valence-corrected chi connectivity index (χ1v) is 10.9. The molecule has 5 heteroatoms. The monoisotopic (exact) mass is 396 g/mol. The van der Waals surface area contributed by atoms with E-state index in [0.29, 0.717) is 17.8 Å². The first-order chi connectivity index (χ1) is 13.6. The molecule has 1 N–H and O–H groups in total. The highest BCUT2D eigenvalue weighted by Gasteiger charge is 2.20. The van der Waals surface area contributed by atoms with Gasteiger partial charge in [-0.1, -0.05) is 37.6 Å². The molecule has 3 aliphatic heterocycles. The molecule has 1 aromatic carbocycles. The van der Waals surface area contributed by atoms with Crippen molar-refractivity contribution in [3.63, 3.8) is 0 Å². The summed E-state index contributed by atoms with van der Waals surface area (Å²) in [5.41, 5.74) is 3.25. The normalized spacial score (nSPS) is 28.1. The topological polar surface area (TPSA) is 40.0 Å². The summed E-state index contributed by atoms with van der Waals surface area (Å²) >= 11 is 6.54. The predicted molar refractivity (Wildman–Crippen MR) is 121 cm³/mol. The van der Waals surface area contributed by atoms with E-state index in [9.17, 15) is 0 Å². The fraction of sp³-hybridized carbons (Fsp3) is 0.478. The Balaban J connectivity index is 1.67. The van der Waals surface area contributed by atoms with Crippen LogP contribution in [0.4, 0.5) is 11.4 Å². The lowest BCUT2D eigenvalue weighted by Gasteiger charge is -2.23. The smallest absolute Gasteiger partial charge is 0.155 e. The van der Waals surface area contributed by atoms with Crippen LogP contribution in [0.1, 0.15) is 51.5 Å². The lowest BCUT2D eigenvalue weighted by molar-refractivity contribution is 0.495. The third kappa shape index (κ3) is 4.33. The third-order valence-corrected chi connectivity index (χ3v) is 6.30. The summed E-state index contributed by atoms with van der Waals surface area (Å²) < 4.78 is 0. The molecule has 0 bridgehead atoms. The van der Waals surface area contributed by atoms with Crippen molar-refractivity contribution in [3.8, 4) is 0 Å². The number of halogens is 1. The summed E-state index contributed by atoms with van der Waals surface area (Å²) in [6.45, 7) is 6.58. The molecular weight excluding hydrogens is 368 g/mol. The molecule has 0 spiro atoms. The molecule has 2 atom stereocenters. The van der Waals surface area contributed by atoms with E-state index in [1.54, 1.807) is 0 Å². The Morgan fingerprint density at radius 1 is 1.29 bits per heavy atom. The van der Waals surface area contributed by atoms with Gasteiger partial charge in [-0.2, -0.15) is 0 Å². The van der Waals surface area contributed by atoms with Crippen molar-refractivity contribution in [1.82, 2.24) is 4.90 Å². The second-order valence-corrected chi connectivity index (χ2v) is 8.39. The summed E-state index contributed by atoms with van der Waals surface area (Å²) in [6.07, 6.45) is 11.9. The molecule has 0 amide bonds. The van der Waals surface area contributed by atoms with Crippen molar-refractivity contribution in [3.05, 3.63) is 40.9 Å². The van der Waals surface area contributed by atoms with Crippen LogP contribution in [0.25, 0.3) is 6.08 Å². The maximum absolute atomic E-state index is 6.54. The Kier molecular flexibility index (Phi) is 5.86. The Hall–Kier alpha value is -2.07. The summed E-state index contributed by atoms with van der Waals surface area (Å²) in [7, 11) is 0. The maximum atomic E-state index is 6.54. The minimum Gasteiger partial charge on any atom is -0.378 e. The largest absolute Gasteiger partial charge is 0.378 e. The Morgan fingerprint density at radius 3 is 2.89 bits per heavy atom. The number of fused-ring (bicyclic) bond motifs is 1. The molecule has 1 saturated heterocycles. The third-order valence-electron chi connectivity index (χ3n) is 5.82. The van der Waals surface area contributed by atoms with E-state index < -0.39 is 0 Å². The van der Waals surface area contributed by atoms with Gasteiger partial charge in [0.05, 0.1) is 5.69 Å². The molecule has 1 fully saturated rings. The molecule has 0 radical (unpaired) electrons.